The number of aliphatic imine (C=N–C) groups is 1. The van der Waals surface area contributed by atoms with Gasteiger partial charge in [-0.3, -0.25) is 4.79 Å². The quantitative estimate of drug-likeness (QED) is 0.373. The minimum Gasteiger partial charge on any atom is -0.326 e. The molecular weight excluding hydrogens is 252 g/mol. The summed E-state index contributed by atoms with van der Waals surface area (Å²) in [5.74, 6) is 0.332. The van der Waals surface area contributed by atoms with Gasteiger partial charge >= 0.3 is 0 Å². The maximum absolute atomic E-state index is 11.2. The van der Waals surface area contributed by atoms with Gasteiger partial charge in [0.25, 0.3) is 0 Å². The highest BCUT2D eigenvalue weighted by atomic mass is 32.1. The Bertz CT molecular complexity index is 538. The Morgan fingerprint density at radius 1 is 1.39 bits per heavy atom. The molecule has 1 aromatic heterocycles. The van der Waals surface area contributed by atoms with E-state index in [1.165, 1.54) is 6.08 Å². The van der Waals surface area contributed by atoms with Crippen LogP contribution in [-0.2, 0) is 9.59 Å². The van der Waals surface area contributed by atoms with Gasteiger partial charge in [-0.15, -0.1) is 0 Å². The fraction of sp³-hybridized carbons (Fsp3) is 0.273. The first kappa shape index (κ1) is 14.1. The molecule has 6 nitrogen and oxygen atoms in total. The van der Waals surface area contributed by atoms with Gasteiger partial charge in [-0.1, -0.05) is 12.6 Å². The Balaban J connectivity index is 3.11. The van der Waals surface area contributed by atoms with Gasteiger partial charge in [0.05, 0.1) is 0 Å². The zero-order valence-corrected chi connectivity index (χ0v) is 11.1. The summed E-state index contributed by atoms with van der Waals surface area (Å²) in [5, 5.41) is 2.17. The van der Waals surface area contributed by atoms with E-state index in [1.807, 2.05) is 19.9 Å². The number of carbonyl (C=O) groups is 1. The Labute approximate surface area is 110 Å². The van der Waals surface area contributed by atoms with Crippen molar-refractivity contribution in [2.24, 2.45) is 4.99 Å². The summed E-state index contributed by atoms with van der Waals surface area (Å²) in [7, 11) is 0. The number of hydrogen-bond acceptors (Lipinski definition) is 6. The highest BCUT2D eigenvalue weighted by molar-refractivity contribution is 7.97. The van der Waals surface area contributed by atoms with Crippen LogP contribution in [0.3, 0.4) is 0 Å². The van der Waals surface area contributed by atoms with Gasteiger partial charge in [0.15, 0.2) is 0 Å². The van der Waals surface area contributed by atoms with Crippen LogP contribution >= 0.6 is 12.6 Å². The van der Waals surface area contributed by atoms with Crippen molar-refractivity contribution in [2.45, 2.75) is 20.8 Å². The average Bonchev–Trinajstić information content (AvgIpc) is 2.23. The van der Waals surface area contributed by atoms with Crippen molar-refractivity contribution in [1.82, 2.24) is 9.97 Å². The molecule has 0 aliphatic carbocycles. The third kappa shape index (κ3) is 3.80. The fourth-order valence-corrected chi connectivity index (χ4v) is 1.56. The summed E-state index contributed by atoms with van der Waals surface area (Å²) in [6.07, 6.45) is 1.31. The number of aryl methyl sites for hydroxylation is 2. The molecule has 0 bridgehead atoms. The predicted molar refractivity (Wildman–Crippen MR) is 69.9 cm³/mol. The van der Waals surface area contributed by atoms with Crippen molar-refractivity contribution in [3.8, 4) is 0 Å². The lowest BCUT2D eigenvalue weighted by Gasteiger charge is -2.07. The van der Waals surface area contributed by atoms with Gasteiger partial charge in [-0.2, -0.15) is 4.99 Å². The molecule has 1 N–H and O–H groups in total. The molecule has 0 radical (unpaired) electrons. The van der Waals surface area contributed by atoms with E-state index in [9.17, 15) is 9.59 Å². The molecule has 7 heteroatoms. The molecule has 94 valence electrons. The number of anilines is 1. The normalized spacial score (nSPS) is 11.3. The van der Waals surface area contributed by atoms with Crippen LogP contribution in [-0.4, -0.2) is 21.2 Å². The van der Waals surface area contributed by atoms with Crippen LogP contribution in [0.25, 0.3) is 0 Å². The molecule has 0 atom stereocenters. The molecule has 1 rings (SSSR count). The molecule has 1 aromatic rings. The van der Waals surface area contributed by atoms with Crippen LogP contribution in [0.5, 0.6) is 0 Å². The Morgan fingerprint density at radius 2 is 1.94 bits per heavy atom. The molecule has 0 aliphatic heterocycles. The first-order valence-corrected chi connectivity index (χ1v) is 5.50. The van der Waals surface area contributed by atoms with E-state index in [-0.39, 0.29) is 5.70 Å². The van der Waals surface area contributed by atoms with E-state index in [4.69, 9.17) is 0 Å². The highest BCUT2D eigenvalue weighted by Crippen LogP contribution is 2.12. The number of allylic oxidation sites excluding steroid dienone is 1. The third-order valence-corrected chi connectivity index (χ3v) is 2.21. The maximum atomic E-state index is 11.2. The van der Waals surface area contributed by atoms with Crippen molar-refractivity contribution >= 4 is 29.8 Å². The molecule has 18 heavy (non-hydrogen) atoms. The molecule has 0 unspecified atom stereocenters. The second kappa shape index (κ2) is 6.09. The number of carbonyl (C=O) groups excluding carboxylic acids is 2. The third-order valence-electron chi connectivity index (χ3n) is 2.00. The van der Waals surface area contributed by atoms with Crippen molar-refractivity contribution in [1.29, 1.82) is 0 Å². The summed E-state index contributed by atoms with van der Waals surface area (Å²) in [5.41, 5.74) is 1.80. The summed E-state index contributed by atoms with van der Waals surface area (Å²) < 4.78 is 0. The number of aromatic nitrogens is 2. The van der Waals surface area contributed by atoms with Gasteiger partial charge in [0, 0.05) is 17.1 Å². The zero-order valence-electron chi connectivity index (χ0n) is 10.2. The van der Waals surface area contributed by atoms with Crippen molar-refractivity contribution in [3.63, 3.8) is 0 Å². The van der Waals surface area contributed by atoms with Crippen LogP contribution < -0.4 is 5.32 Å². The lowest BCUT2D eigenvalue weighted by molar-refractivity contribution is -0.107. The van der Waals surface area contributed by atoms with Crippen LogP contribution in [0.2, 0.25) is 0 Å². The van der Waals surface area contributed by atoms with E-state index >= 15 is 0 Å². The van der Waals surface area contributed by atoms with Crippen LogP contribution in [0.1, 0.15) is 18.3 Å². The van der Waals surface area contributed by atoms with Gasteiger partial charge in [-0.25, -0.2) is 14.8 Å². The largest absolute Gasteiger partial charge is 0.326 e. The average molecular weight is 264 g/mol. The molecule has 0 fully saturated rings. The first-order chi connectivity index (χ1) is 8.43. The zero-order chi connectivity index (χ0) is 13.7. The lowest BCUT2D eigenvalue weighted by atomic mass is 10.3. The number of hydrogen-bond donors (Lipinski definition) is 2. The van der Waals surface area contributed by atoms with Crippen LogP contribution in [0, 0.1) is 13.8 Å². The summed E-state index contributed by atoms with van der Waals surface area (Å²) in [6, 6.07) is 1.82. The molecule has 0 saturated heterocycles. The van der Waals surface area contributed by atoms with Crippen LogP contribution in [0.4, 0.5) is 5.95 Å². The van der Waals surface area contributed by atoms with Crippen molar-refractivity contribution in [3.05, 3.63) is 28.8 Å². The van der Waals surface area contributed by atoms with E-state index in [0.29, 0.717) is 11.6 Å². The second-order valence-corrected chi connectivity index (χ2v) is 3.99. The van der Waals surface area contributed by atoms with E-state index in [1.54, 1.807) is 6.92 Å². The van der Waals surface area contributed by atoms with Gasteiger partial charge in [-0.05, 0) is 26.8 Å². The van der Waals surface area contributed by atoms with E-state index in [0.717, 1.165) is 11.4 Å². The molecule has 1 heterocycles. The van der Waals surface area contributed by atoms with Crippen LogP contribution in [0.15, 0.2) is 22.5 Å². The highest BCUT2D eigenvalue weighted by Gasteiger charge is 2.10. The minimum absolute atomic E-state index is 0.115. The van der Waals surface area contributed by atoms with Crippen molar-refractivity contribution in [2.75, 3.05) is 5.32 Å². The predicted octanol–water partition coefficient (Wildman–Crippen LogP) is 1.53. The number of nitrogens with zero attached hydrogens (tertiary/aromatic N) is 3. The maximum Gasteiger partial charge on any atom is 0.240 e. The van der Waals surface area contributed by atoms with E-state index in [2.05, 4.69) is 32.9 Å². The van der Waals surface area contributed by atoms with Gasteiger partial charge in [0.2, 0.25) is 17.1 Å². The smallest absolute Gasteiger partial charge is 0.240 e. The number of rotatable bonds is 4. The number of thiol groups is 1. The Morgan fingerprint density at radius 3 is 2.39 bits per heavy atom. The number of isocyanates is 1. The summed E-state index contributed by atoms with van der Waals surface area (Å²) >= 11 is 3.62. The van der Waals surface area contributed by atoms with Gasteiger partial charge in [0.1, 0.15) is 5.70 Å². The fourth-order valence-electron chi connectivity index (χ4n) is 1.35. The molecule has 0 aromatic carbocycles. The minimum atomic E-state index is -0.632. The second-order valence-electron chi connectivity index (χ2n) is 3.58. The molecule has 0 spiro atoms. The monoisotopic (exact) mass is 264 g/mol. The SMILES string of the molecule is C/C(Nc1nc(C)cc(C)n1)=C(/N=C=O)C(=O)S. The first-order valence-electron chi connectivity index (χ1n) is 5.05. The molecule has 0 aliphatic rings. The summed E-state index contributed by atoms with van der Waals surface area (Å²) in [6.45, 7) is 5.23. The summed E-state index contributed by atoms with van der Waals surface area (Å²) in [4.78, 5) is 32.9. The lowest BCUT2D eigenvalue weighted by Crippen LogP contribution is -2.07. The molecule has 0 saturated carbocycles. The van der Waals surface area contributed by atoms with Gasteiger partial charge < -0.3 is 5.32 Å². The standard InChI is InChI=1S/C11H12N4O2S/c1-6-4-7(2)14-11(13-6)15-8(3)9(10(17)18)12-5-16/h4H,1-3H3,(H,17,18)(H,13,14,15)/b9-8-. The topological polar surface area (TPSA) is 84.3 Å². The Kier molecular flexibility index (Phi) is 4.76. The van der Waals surface area contributed by atoms with Crippen molar-refractivity contribution < 1.29 is 9.59 Å². The Hall–Kier alpha value is -1.98. The molecule has 0 amide bonds. The van der Waals surface area contributed by atoms with E-state index < -0.39 is 5.12 Å². The molecular formula is C11H12N4O2S. The number of nitrogens with one attached hydrogen (secondary N) is 1.